The average Bonchev–Trinajstić information content (AvgIpc) is 2.88. The monoisotopic (exact) mass is 236 g/mol. The third kappa shape index (κ3) is 3.17. The largest absolute Gasteiger partial charge is 0.389 e. The van der Waals surface area contributed by atoms with Gasteiger partial charge in [0.05, 0.1) is 17.8 Å². The molecule has 94 valence electrons. The van der Waals surface area contributed by atoms with E-state index in [9.17, 15) is 9.90 Å². The molecular weight excluding hydrogens is 216 g/mol. The number of Topliss-reactive ketones (excluding diaryl/α,β-unsaturated/α-hetero) is 1. The maximum atomic E-state index is 11.8. The number of likely N-dealkylation sites (N-methyl/N-ethyl adjacent to an activating group) is 1. The molecule has 2 rings (SSSR count). The fourth-order valence-electron chi connectivity index (χ4n) is 2.58. The minimum atomic E-state index is -0.579. The molecule has 2 N–H and O–H groups in total. The first-order chi connectivity index (χ1) is 8.09. The highest BCUT2D eigenvalue weighted by Crippen LogP contribution is 2.29. The van der Waals surface area contributed by atoms with Crippen molar-refractivity contribution in [1.29, 1.82) is 0 Å². The second-order valence-corrected chi connectivity index (χ2v) is 5.11. The van der Waals surface area contributed by atoms with E-state index in [2.05, 4.69) is 4.98 Å². The molecule has 1 aliphatic rings. The van der Waals surface area contributed by atoms with E-state index in [4.69, 9.17) is 0 Å². The zero-order chi connectivity index (χ0) is 12.3. The summed E-state index contributed by atoms with van der Waals surface area (Å²) in [4.78, 5) is 16.7. The van der Waals surface area contributed by atoms with E-state index in [0.717, 1.165) is 25.7 Å². The normalized spacial score (nSPS) is 18.8. The van der Waals surface area contributed by atoms with Crippen LogP contribution in [0.15, 0.2) is 18.3 Å². The van der Waals surface area contributed by atoms with E-state index in [0.29, 0.717) is 18.8 Å². The van der Waals surface area contributed by atoms with Crippen molar-refractivity contribution < 1.29 is 9.90 Å². The number of ketones is 1. The molecule has 0 radical (unpaired) electrons. The van der Waals surface area contributed by atoms with Crippen molar-refractivity contribution in [1.82, 2.24) is 9.88 Å². The van der Waals surface area contributed by atoms with Crippen molar-refractivity contribution in [3.63, 3.8) is 0 Å². The van der Waals surface area contributed by atoms with Gasteiger partial charge in [0.2, 0.25) is 0 Å². The summed E-state index contributed by atoms with van der Waals surface area (Å²) < 4.78 is 0. The van der Waals surface area contributed by atoms with E-state index in [1.165, 1.54) is 0 Å². The Morgan fingerprint density at radius 2 is 2.24 bits per heavy atom. The number of aliphatic hydroxyl groups is 1. The third-order valence-electron chi connectivity index (χ3n) is 3.41. The average molecular weight is 236 g/mol. The smallest absolute Gasteiger partial charge is 0.192 e. The van der Waals surface area contributed by atoms with Gasteiger partial charge in [-0.3, -0.25) is 9.69 Å². The molecule has 0 spiro atoms. The predicted octanol–water partition coefficient (Wildman–Crippen LogP) is 1.43. The Morgan fingerprint density at radius 1 is 1.53 bits per heavy atom. The quantitative estimate of drug-likeness (QED) is 0.760. The van der Waals surface area contributed by atoms with E-state index in [1.54, 1.807) is 12.3 Å². The van der Waals surface area contributed by atoms with Gasteiger partial charge in [0.1, 0.15) is 0 Å². The highest BCUT2D eigenvalue weighted by molar-refractivity contribution is 5.95. The van der Waals surface area contributed by atoms with Gasteiger partial charge in [-0.2, -0.15) is 0 Å². The summed E-state index contributed by atoms with van der Waals surface area (Å²) >= 11 is 0. The first-order valence-corrected chi connectivity index (χ1v) is 6.17. The van der Waals surface area contributed by atoms with Gasteiger partial charge in [0.25, 0.3) is 0 Å². The van der Waals surface area contributed by atoms with Crippen LogP contribution < -0.4 is 0 Å². The van der Waals surface area contributed by atoms with Crippen LogP contribution in [-0.4, -0.2) is 46.5 Å². The molecule has 0 atom stereocenters. The van der Waals surface area contributed by atoms with Crippen LogP contribution in [0.25, 0.3) is 0 Å². The van der Waals surface area contributed by atoms with Crippen molar-refractivity contribution in [3.8, 4) is 0 Å². The van der Waals surface area contributed by atoms with Crippen LogP contribution in [0.3, 0.4) is 0 Å². The number of carbonyl (C=O) groups excluding carboxylic acids is 1. The molecule has 1 heterocycles. The van der Waals surface area contributed by atoms with E-state index in [1.807, 2.05) is 18.0 Å². The highest BCUT2D eigenvalue weighted by atomic mass is 16.3. The molecule has 4 heteroatoms. The molecule has 0 aromatic carbocycles. The van der Waals surface area contributed by atoms with Crippen molar-refractivity contribution in [2.24, 2.45) is 0 Å². The molecule has 1 aliphatic carbocycles. The lowest BCUT2D eigenvalue weighted by Crippen LogP contribution is -2.41. The molecule has 4 nitrogen and oxygen atoms in total. The Kier molecular flexibility index (Phi) is 3.64. The molecule has 17 heavy (non-hydrogen) atoms. The minimum absolute atomic E-state index is 0.0686. The molecule has 0 saturated heterocycles. The predicted molar refractivity (Wildman–Crippen MR) is 66.0 cm³/mol. The number of nitrogens with one attached hydrogen (secondary N) is 1. The summed E-state index contributed by atoms with van der Waals surface area (Å²) in [5.74, 6) is 0.0686. The van der Waals surface area contributed by atoms with Crippen LogP contribution in [0, 0.1) is 0 Å². The van der Waals surface area contributed by atoms with Crippen LogP contribution in [-0.2, 0) is 0 Å². The number of hydrogen-bond donors (Lipinski definition) is 2. The zero-order valence-electron chi connectivity index (χ0n) is 10.3. The first-order valence-electron chi connectivity index (χ1n) is 6.17. The van der Waals surface area contributed by atoms with Gasteiger partial charge < -0.3 is 10.1 Å². The van der Waals surface area contributed by atoms with Crippen molar-refractivity contribution >= 4 is 5.78 Å². The molecule has 0 bridgehead atoms. The summed E-state index contributed by atoms with van der Waals surface area (Å²) in [6, 6.07) is 3.60. The number of rotatable bonds is 5. The zero-order valence-corrected chi connectivity index (χ0v) is 10.3. The van der Waals surface area contributed by atoms with Gasteiger partial charge in [-0.05, 0) is 32.0 Å². The Hall–Kier alpha value is -1.13. The van der Waals surface area contributed by atoms with Gasteiger partial charge in [0.15, 0.2) is 5.78 Å². The van der Waals surface area contributed by atoms with Gasteiger partial charge in [0, 0.05) is 12.7 Å². The number of hydrogen-bond acceptors (Lipinski definition) is 3. The molecule has 1 saturated carbocycles. The second-order valence-electron chi connectivity index (χ2n) is 5.11. The minimum Gasteiger partial charge on any atom is -0.389 e. The summed E-state index contributed by atoms with van der Waals surface area (Å²) in [6.07, 6.45) is 5.64. The Morgan fingerprint density at radius 3 is 2.82 bits per heavy atom. The van der Waals surface area contributed by atoms with Crippen LogP contribution in [0.4, 0.5) is 0 Å². The number of aromatic nitrogens is 1. The second kappa shape index (κ2) is 5.02. The Labute approximate surface area is 102 Å². The van der Waals surface area contributed by atoms with Gasteiger partial charge in [-0.1, -0.05) is 12.8 Å². The molecule has 1 fully saturated rings. The molecule has 0 aliphatic heterocycles. The van der Waals surface area contributed by atoms with E-state index >= 15 is 0 Å². The van der Waals surface area contributed by atoms with Crippen molar-refractivity contribution in [3.05, 3.63) is 24.0 Å². The topological polar surface area (TPSA) is 56.3 Å². The molecule has 1 aromatic rings. The summed E-state index contributed by atoms with van der Waals surface area (Å²) in [7, 11) is 1.89. The molecule has 0 amide bonds. The third-order valence-corrected chi connectivity index (χ3v) is 3.41. The maximum absolute atomic E-state index is 11.8. The molecule has 1 aromatic heterocycles. The lowest BCUT2D eigenvalue weighted by atomic mass is 10.0. The van der Waals surface area contributed by atoms with Gasteiger partial charge >= 0.3 is 0 Å². The Balaban J connectivity index is 1.85. The lowest BCUT2D eigenvalue weighted by Gasteiger charge is -2.27. The van der Waals surface area contributed by atoms with Crippen LogP contribution in [0.2, 0.25) is 0 Å². The standard InChI is InChI=1S/C13H20N2O2/c1-15(10-13(17)6-2-3-7-13)9-12(16)11-5-4-8-14-11/h4-5,8,14,17H,2-3,6-7,9-10H2,1H3. The van der Waals surface area contributed by atoms with E-state index in [-0.39, 0.29) is 5.78 Å². The molecule has 0 unspecified atom stereocenters. The summed E-state index contributed by atoms with van der Waals surface area (Å²) in [5, 5.41) is 10.2. The molecular formula is C13H20N2O2. The van der Waals surface area contributed by atoms with Crippen LogP contribution >= 0.6 is 0 Å². The highest BCUT2D eigenvalue weighted by Gasteiger charge is 2.32. The van der Waals surface area contributed by atoms with E-state index < -0.39 is 5.60 Å². The number of carbonyl (C=O) groups is 1. The number of aromatic amines is 1. The Bertz CT molecular complexity index is 367. The fraction of sp³-hybridized carbons (Fsp3) is 0.615. The van der Waals surface area contributed by atoms with Crippen molar-refractivity contribution in [2.75, 3.05) is 20.1 Å². The van der Waals surface area contributed by atoms with Gasteiger partial charge in [-0.15, -0.1) is 0 Å². The maximum Gasteiger partial charge on any atom is 0.192 e. The lowest BCUT2D eigenvalue weighted by molar-refractivity contribution is 0.0172. The fourth-order valence-corrected chi connectivity index (χ4v) is 2.58. The van der Waals surface area contributed by atoms with Gasteiger partial charge in [-0.25, -0.2) is 0 Å². The summed E-state index contributed by atoms with van der Waals surface area (Å²) in [5.41, 5.74) is 0.0559. The van der Waals surface area contributed by atoms with Crippen molar-refractivity contribution in [2.45, 2.75) is 31.3 Å². The summed E-state index contributed by atoms with van der Waals surface area (Å²) in [6.45, 7) is 0.933. The van der Waals surface area contributed by atoms with Crippen LogP contribution in [0.1, 0.15) is 36.2 Å². The number of H-pyrrole nitrogens is 1. The first kappa shape index (κ1) is 12.3. The number of nitrogens with zero attached hydrogens (tertiary/aromatic N) is 1. The SMILES string of the molecule is CN(CC(=O)c1ccc[nH]1)CC1(O)CCCC1. The van der Waals surface area contributed by atoms with Crippen LogP contribution in [0.5, 0.6) is 0 Å².